The molecule has 16 heavy (non-hydrogen) atoms. The van der Waals surface area contributed by atoms with E-state index in [2.05, 4.69) is 32.2 Å². The van der Waals surface area contributed by atoms with Gasteiger partial charge in [0.1, 0.15) is 0 Å². The van der Waals surface area contributed by atoms with E-state index in [4.69, 9.17) is 0 Å². The fourth-order valence-corrected chi connectivity index (χ4v) is 2.89. The van der Waals surface area contributed by atoms with Crippen molar-refractivity contribution in [2.24, 2.45) is 0 Å². The molecule has 1 atom stereocenters. The van der Waals surface area contributed by atoms with Crippen molar-refractivity contribution in [1.82, 2.24) is 19.9 Å². The average Bonchev–Trinajstić information content (AvgIpc) is 2.84. The van der Waals surface area contributed by atoms with Gasteiger partial charge in [0.05, 0.1) is 11.9 Å². The molecule has 0 aliphatic carbocycles. The van der Waals surface area contributed by atoms with E-state index in [1.165, 1.54) is 5.69 Å². The van der Waals surface area contributed by atoms with Crippen LogP contribution in [0.3, 0.4) is 0 Å². The molecule has 0 aromatic carbocycles. The lowest BCUT2D eigenvalue weighted by molar-refractivity contribution is 0.451. The zero-order chi connectivity index (χ0) is 11.1. The minimum atomic E-state index is 0.385. The van der Waals surface area contributed by atoms with Gasteiger partial charge < -0.3 is 9.88 Å². The second kappa shape index (κ2) is 3.68. The first kappa shape index (κ1) is 9.99. The van der Waals surface area contributed by atoms with Gasteiger partial charge in [-0.3, -0.25) is 0 Å². The summed E-state index contributed by atoms with van der Waals surface area (Å²) in [6, 6.07) is 0.385. The van der Waals surface area contributed by atoms with Crippen LogP contribution in [0.15, 0.2) is 11.6 Å². The number of imidazole rings is 1. The number of nitrogens with one attached hydrogen (secondary N) is 1. The molecule has 0 spiro atoms. The van der Waals surface area contributed by atoms with Crippen molar-refractivity contribution >= 4 is 11.3 Å². The first-order valence-corrected chi connectivity index (χ1v) is 6.35. The van der Waals surface area contributed by atoms with Gasteiger partial charge in [-0.15, -0.1) is 11.3 Å². The lowest BCUT2D eigenvalue weighted by Crippen LogP contribution is -2.31. The molecular weight excluding hydrogens is 220 g/mol. The highest BCUT2D eigenvalue weighted by Crippen LogP contribution is 2.27. The number of hydrogen-bond acceptors (Lipinski definition) is 4. The average molecular weight is 234 g/mol. The number of thiazole rings is 1. The Hall–Kier alpha value is -1.20. The summed E-state index contributed by atoms with van der Waals surface area (Å²) in [7, 11) is 0. The Balaban J connectivity index is 2.09. The largest absolute Gasteiger partial charge is 0.323 e. The van der Waals surface area contributed by atoms with Crippen molar-refractivity contribution < 1.29 is 0 Å². The van der Waals surface area contributed by atoms with E-state index in [9.17, 15) is 0 Å². The van der Waals surface area contributed by atoms with Crippen LogP contribution in [0.5, 0.6) is 0 Å². The first-order chi connectivity index (χ1) is 7.75. The van der Waals surface area contributed by atoms with Crippen molar-refractivity contribution in [3.8, 4) is 10.8 Å². The number of fused-ring (bicyclic) bond motifs is 1. The van der Waals surface area contributed by atoms with E-state index >= 15 is 0 Å². The van der Waals surface area contributed by atoms with Crippen LogP contribution in [0.2, 0.25) is 0 Å². The summed E-state index contributed by atoms with van der Waals surface area (Å²) in [6.07, 6.45) is 1.96. The molecular formula is C11H14N4S. The van der Waals surface area contributed by atoms with Crippen LogP contribution < -0.4 is 5.32 Å². The molecule has 0 radical (unpaired) electrons. The van der Waals surface area contributed by atoms with E-state index in [0.29, 0.717) is 6.04 Å². The lowest BCUT2D eigenvalue weighted by atomic mass is 10.2. The van der Waals surface area contributed by atoms with Crippen molar-refractivity contribution in [1.29, 1.82) is 0 Å². The van der Waals surface area contributed by atoms with E-state index in [1.807, 2.05) is 13.1 Å². The summed E-state index contributed by atoms with van der Waals surface area (Å²) in [4.78, 5) is 9.00. The van der Waals surface area contributed by atoms with Crippen LogP contribution >= 0.6 is 11.3 Å². The standard InChI is InChI=1S/C11H14N4S/c1-7-6-16-11(14-7)10-13-5-9-8(2)12-3-4-15(9)10/h5-6,8,12H,3-4H2,1-2H3. The fourth-order valence-electron chi connectivity index (χ4n) is 2.09. The summed E-state index contributed by atoms with van der Waals surface area (Å²) >= 11 is 1.67. The predicted molar refractivity (Wildman–Crippen MR) is 64.5 cm³/mol. The molecule has 0 saturated carbocycles. The Labute approximate surface area is 98.4 Å². The SMILES string of the molecule is Cc1csc(-c2ncc3n2CCNC3C)n1. The topological polar surface area (TPSA) is 42.7 Å². The maximum absolute atomic E-state index is 4.50. The zero-order valence-electron chi connectivity index (χ0n) is 9.40. The quantitative estimate of drug-likeness (QED) is 0.820. The molecule has 2 aromatic rings. The van der Waals surface area contributed by atoms with Crippen LogP contribution in [0.4, 0.5) is 0 Å². The van der Waals surface area contributed by atoms with E-state index in [1.54, 1.807) is 11.3 Å². The Bertz CT molecular complexity index is 514. The summed E-state index contributed by atoms with van der Waals surface area (Å²) in [6.45, 7) is 6.17. The highest BCUT2D eigenvalue weighted by atomic mass is 32.1. The second-order valence-corrected chi connectivity index (χ2v) is 4.99. The molecule has 0 amide bonds. The van der Waals surface area contributed by atoms with Gasteiger partial charge in [-0.2, -0.15) is 0 Å². The Morgan fingerprint density at radius 2 is 2.44 bits per heavy atom. The molecule has 5 heteroatoms. The molecule has 0 saturated heterocycles. The lowest BCUT2D eigenvalue weighted by Gasteiger charge is -2.23. The van der Waals surface area contributed by atoms with Crippen LogP contribution in [-0.4, -0.2) is 21.1 Å². The van der Waals surface area contributed by atoms with Crippen LogP contribution in [-0.2, 0) is 6.54 Å². The van der Waals surface area contributed by atoms with Crippen molar-refractivity contribution in [3.05, 3.63) is 23.0 Å². The van der Waals surface area contributed by atoms with E-state index < -0.39 is 0 Å². The van der Waals surface area contributed by atoms with Gasteiger partial charge in [-0.25, -0.2) is 9.97 Å². The molecule has 1 aliphatic rings. The Morgan fingerprint density at radius 3 is 3.19 bits per heavy atom. The maximum Gasteiger partial charge on any atom is 0.169 e. The smallest absolute Gasteiger partial charge is 0.169 e. The van der Waals surface area contributed by atoms with Gasteiger partial charge in [0.25, 0.3) is 0 Å². The van der Waals surface area contributed by atoms with Crippen molar-refractivity contribution in [2.75, 3.05) is 6.54 Å². The summed E-state index contributed by atoms with van der Waals surface area (Å²) in [5, 5.41) is 6.53. The number of aromatic nitrogens is 3. The van der Waals surface area contributed by atoms with Crippen LogP contribution in [0.1, 0.15) is 24.4 Å². The van der Waals surface area contributed by atoms with Crippen LogP contribution in [0.25, 0.3) is 10.8 Å². The van der Waals surface area contributed by atoms with Gasteiger partial charge >= 0.3 is 0 Å². The fraction of sp³-hybridized carbons (Fsp3) is 0.455. The van der Waals surface area contributed by atoms with Crippen molar-refractivity contribution in [2.45, 2.75) is 26.4 Å². The Kier molecular flexibility index (Phi) is 2.29. The molecule has 0 fully saturated rings. The molecule has 84 valence electrons. The third-order valence-corrected chi connectivity index (χ3v) is 3.88. The minimum absolute atomic E-state index is 0.385. The van der Waals surface area contributed by atoms with Gasteiger partial charge in [0, 0.05) is 30.2 Å². The molecule has 0 bridgehead atoms. The molecule has 3 heterocycles. The van der Waals surface area contributed by atoms with Crippen LogP contribution in [0, 0.1) is 6.92 Å². The maximum atomic E-state index is 4.50. The van der Waals surface area contributed by atoms with Gasteiger partial charge in [-0.1, -0.05) is 0 Å². The minimum Gasteiger partial charge on any atom is -0.323 e. The number of rotatable bonds is 1. The van der Waals surface area contributed by atoms with Gasteiger partial charge in [0.15, 0.2) is 10.8 Å². The second-order valence-electron chi connectivity index (χ2n) is 4.13. The zero-order valence-corrected chi connectivity index (χ0v) is 10.2. The Morgan fingerprint density at radius 1 is 1.56 bits per heavy atom. The van der Waals surface area contributed by atoms with Gasteiger partial charge in [-0.05, 0) is 13.8 Å². The van der Waals surface area contributed by atoms with Crippen molar-refractivity contribution in [3.63, 3.8) is 0 Å². The molecule has 1 aliphatic heterocycles. The highest BCUT2D eigenvalue weighted by Gasteiger charge is 2.21. The number of hydrogen-bond donors (Lipinski definition) is 1. The summed E-state index contributed by atoms with van der Waals surface area (Å²) < 4.78 is 2.28. The predicted octanol–water partition coefficient (Wildman–Crippen LogP) is 1.98. The molecule has 3 rings (SSSR count). The highest BCUT2D eigenvalue weighted by molar-refractivity contribution is 7.13. The molecule has 4 nitrogen and oxygen atoms in total. The third kappa shape index (κ3) is 1.47. The normalized spacial score (nSPS) is 19.8. The van der Waals surface area contributed by atoms with E-state index in [0.717, 1.165) is 29.6 Å². The third-order valence-electron chi connectivity index (χ3n) is 2.93. The molecule has 2 aromatic heterocycles. The number of nitrogens with zero attached hydrogens (tertiary/aromatic N) is 3. The van der Waals surface area contributed by atoms with E-state index in [-0.39, 0.29) is 0 Å². The number of aryl methyl sites for hydroxylation is 1. The monoisotopic (exact) mass is 234 g/mol. The molecule has 1 unspecified atom stereocenters. The first-order valence-electron chi connectivity index (χ1n) is 5.47. The summed E-state index contributed by atoms with van der Waals surface area (Å²) in [5.74, 6) is 1.02. The van der Waals surface area contributed by atoms with Gasteiger partial charge in [0.2, 0.25) is 0 Å². The summed E-state index contributed by atoms with van der Waals surface area (Å²) in [5.41, 5.74) is 2.33. The molecule has 1 N–H and O–H groups in total.